The zero-order valence-corrected chi connectivity index (χ0v) is 16.1. The van der Waals surface area contributed by atoms with Crippen LogP contribution in [0.2, 0.25) is 0 Å². The summed E-state index contributed by atoms with van der Waals surface area (Å²) in [5.74, 6) is 0. The van der Waals surface area contributed by atoms with Crippen LogP contribution in [0.3, 0.4) is 0 Å². The summed E-state index contributed by atoms with van der Waals surface area (Å²) in [4.78, 5) is 18.8. The summed E-state index contributed by atoms with van der Waals surface area (Å²) in [6.45, 7) is 0.488. The van der Waals surface area contributed by atoms with Crippen LogP contribution in [-0.4, -0.2) is 42.8 Å². The van der Waals surface area contributed by atoms with Crippen molar-refractivity contribution in [3.8, 4) is 11.3 Å². The highest BCUT2D eigenvalue weighted by Gasteiger charge is 2.21. The van der Waals surface area contributed by atoms with Crippen molar-refractivity contribution in [3.63, 3.8) is 0 Å². The summed E-state index contributed by atoms with van der Waals surface area (Å²) in [6, 6.07) is 16.0. The predicted octanol–water partition coefficient (Wildman–Crippen LogP) is 2.26. The van der Waals surface area contributed by atoms with E-state index in [1.165, 1.54) is 11.4 Å². The molecule has 0 fully saturated rings. The fourth-order valence-corrected chi connectivity index (χ4v) is 4.47. The smallest absolute Gasteiger partial charge is 0.257 e. The van der Waals surface area contributed by atoms with Gasteiger partial charge in [-0.05, 0) is 41.8 Å². The number of H-pyrrole nitrogens is 2. The van der Waals surface area contributed by atoms with Crippen molar-refractivity contribution in [1.29, 1.82) is 0 Å². The zero-order chi connectivity index (χ0) is 19.9. The molecule has 0 aliphatic heterocycles. The van der Waals surface area contributed by atoms with Crippen LogP contribution in [0.25, 0.3) is 33.1 Å². The van der Waals surface area contributed by atoms with Crippen molar-refractivity contribution < 1.29 is 8.42 Å². The third kappa shape index (κ3) is 3.11. The van der Waals surface area contributed by atoms with E-state index in [4.69, 9.17) is 5.73 Å². The Labute approximate surface area is 161 Å². The Morgan fingerprint density at radius 3 is 2.50 bits per heavy atom. The number of benzene rings is 2. The van der Waals surface area contributed by atoms with Crippen molar-refractivity contribution in [1.82, 2.24) is 14.3 Å². The van der Waals surface area contributed by atoms with E-state index in [1.54, 1.807) is 24.3 Å². The third-order valence-corrected chi connectivity index (χ3v) is 6.64. The predicted molar refractivity (Wildman–Crippen MR) is 111 cm³/mol. The van der Waals surface area contributed by atoms with Gasteiger partial charge in [0.05, 0.1) is 16.2 Å². The lowest BCUT2D eigenvalue weighted by Crippen LogP contribution is -2.31. The lowest BCUT2D eigenvalue weighted by atomic mass is 10.1. The molecule has 144 valence electrons. The Hall–Kier alpha value is -2.94. The molecule has 8 heteroatoms. The topological polar surface area (TPSA) is 112 Å². The number of para-hydroxylation sites is 1. The molecule has 2 heterocycles. The molecule has 0 aliphatic rings. The average Bonchev–Trinajstić information content (AvgIpc) is 3.10. The molecule has 4 N–H and O–H groups in total. The van der Waals surface area contributed by atoms with Crippen LogP contribution < -0.4 is 11.3 Å². The second kappa shape index (κ2) is 6.90. The van der Waals surface area contributed by atoms with Gasteiger partial charge in [0.1, 0.15) is 0 Å². The molecule has 0 amide bonds. The number of nitrogens with two attached hydrogens (primary N) is 1. The summed E-state index contributed by atoms with van der Waals surface area (Å²) >= 11 is 0. The van der Waals surface area contributed by atoms with Gasteiger partial charge in [0.2, 0.25) is 10.0 Å². The SMILES string of the molecule is CN(CCN)S(=O)(=O)c1ccc2[nH]c(-c3cc4ccccc4[nH]c3=O)cc2c1. The highest BCUT2D eigenvalue weighted by molar-refractivity contribution is 7.89. The van der Waals surface area contributed by atoms with Crippen LogP contribution in [0, 0.1) is 0 Å². The lowest BCUT2D eigenvalue weighted by molar-refractivity contribution is 0.477. The first-order valence-electron chi connectivity index (χ1n) is 8.82. The van der Waals surface area contributed by atoms with Gasteiger partial charge in [0, 0.05) is 36.6 Å². The normalized spacial score (nSPS) is 12.2. The number of aromatic nitrogens is 2. The monoisotopic (exact) mass is 396 g/mol. The van der Waals surface area contributed by atoms with Crippen molar-refractivity contribution in [3.05, 3.63) is 65.0 Å². The van der Waals surface area contributed by atoms with E-state index in [2.05, 4.69) is 9.97 Å². The number of aromatic amines is 2. The molecule has 0 unspecified atom stereocenters. The molecule has 0 spiro atoms. The number of rotatable bonds is 5. The first kappa shape index (κ1) is 18.4. The minimum absolute atomic E-state index is 0.189. The van der Waals surface area contributed by atoms with Gasteiger partial charge in [0.15, 0.2) is 0 Å². The maximum atomic E-state index is 12.6. The van der Waals surface area contributed by atoms with Crippen LogP contribution in [-0.2, 0) is 10.0 Å². The third-order valence-electron chi connectivity index (χ3n) is 4.79. The largest absolute Gasteiger partial charge is 0.354 e. The maximum Gasteiger partial charge on any atom is 0.257 e. The van der Waals surface area contributed by atoms with Gasteiger partial charge in [-0.1, -0.05) is 18.2 Å². The van der Waals surface area contributed by atoms with Crippen LogP contribution in [0.1, 0.15) is 0 Å². The van der Waals surface area contributed by atoms with E-state index in [0.29, 0.717) is 16.6 Å². The van der Waals surface area contributed by atoms with Crippen LogP contribution >= 0.6 is 0 Å². The van der Waals surface area contributed by atoms with Gasteiger partial charge < -0.3 is 15.7 Å². The number of nitrogens with zero attached hydrogens (tertiary/aromatic N) is 1. The summed E-state index contributed by atoms with van der Waals surface area (Å²) in [7, 11) is -2.11. The van der Waals surface area contributed by atoms with Gasteiger partial charge in [-0.3, -0.25) is 4.79 Å². The summed E-state index contributed by atoms with van der Waals surface area (Å²) in [5, 5.41) is 1.63. The molecule has 2 aromatic heterocycles. The van der Waals surface area contributed by atoms with Gasteiger partial charge in [-0.2, -0.15) is 4.31 Å². The molecule has 2 aromatic carbocycles. The maximum absolute atomic E-state index is 12.6. The van der Waals surface area contributed by atoms with Crippen molar-refractivity contribution >= 4 is 31.8 Å². The van der Waals surface area contributed by atoms with Crippen molar-refractivity contribution in [2.45, 2.75) is 4.90 Å². The average molecular weight is 396 g/mol. The van der Waals surface area contributed by atoms with Gasteiger partial charge in [-0.25, -0.2) is 8.42 Å². The number of fused-ring (bicyclic) bond motifs is 2. The van der Waals surface area contributed by atoms with E-state index in [0.717, 1.165) is 16.4 Å². The van der Waals surface area contributed by atoms with Crippen molar-refractivity contribution in [2.24, 2.45) is 5.73 Å². The molecule has 4 aromatic rings. The van der Waals surface area contributed by atoms with Crippen molar-refractivity contribution in [2.75, 3.05) is 20.1 Å². The Kier molecular flexibility index (Phi) is 4.54. The Bertz CT molecular complexity index is 1340. The van der Waals surface area contributed by atoms with E-state index in [1.807, 2.05) is 30.3 Å². The molecular formula is C20H20N4O3S. The minimum atomic E-state index is -3.61. The number of hydrogen-bond donors (Lipinski definition) is 3. The van der Waals surface area contributed by atoms with Gasteiger partial charge >= 0.3 is 0 Å². The standard InChI is InChI=1S/C20H20N4O3S/c1-24(9-8-21)28(26,27)15-6-7-18-14(10-15)12-19(22-18)16-11-13-4-2-3-5-17(13)23-20(16)25/h2-7,10-12,22H,8-9,21H2,1H3,(H,23,25). The summed E-state index contributed by atoms with van der Waals surface area (Å²) in [5.41, 5.74) is 7.92. The molecule has 0 saturated heterocycles. The molecule has 0 atom stereocenters. The zero-order valence-electron chi connectivity index (χ0n) is 15.3. The number of hydrogen-bond acceptors (Lipinski definition) is 4. The molecule has 0 radical (unpaired) electrons. The molecular weight excluding hydrogens is 376 g/mol. The van der Waals surface area contributed by atoms with E-state index >= 15 is 0 Å². The Morgan fingerprint density at radius 2 is 1.71 bits per heavy atom. The fraction of sp³-hybridized carbons (Fsp3) is 0.150. The van der Waals surface area contributed by atoms with Crippen LogP contribution in [0.4, 0.5) is 0 Å². The molecule has 4 rings (SSSR count). The van der Waals surface area contributed by atoms with E-state index in [9.17, 15) is 13.2 Å². The minimum Gasteiger partial charge on any atom is -0.354 e. The highest BCUT2D eigenvalue weighted by atomic mass is 32.2. The van der Waals surface area contributed by atoms with Crippen LogP contribution in [0.5, 0.6) is 0 Å². The van der Waals surface area contributed by atoms with E-state index < -0.39 is 10.0 Å². The lowest BCUT2D eigenvalue weighted by Gasteiger charge is -2.16. The second-order valence-electron chi connectivity index (χ2n) is 6.65. The molecule has 0 aliphatic carbocycles. The molecule has 28 heavy (non-hydrogen) atoms. The number of likely N-dealkylation sites (N-methyl/N-ethyl adjacent to an activating group) is 1. The molecule has 7 nitrogen and oxygen atoms in total. The number of nitrogens with one attached hydrogen (secondary N) is 2. The molecule has 0 bridgehead atoms. The first-order chi connectivity index (χ1) is 13.4. The fourth-order valence-electron chi connectivity index (χ4n) is 3.25. The quantitative estimate of drug-likeness (QED) is 0.480. The number of pyridine rings is 1. The first-order valence-corrected chi connectivity index (χ1v) is 10.3. The Balaban J connectivity index is 1.81. The second-order valence-corrected chi connectivity index (χ2v) is 8.69. The Morgan fingerprint density at radius 1 is 0.964 bits per heavy atom. The van der Waals surface area contributed by atoms with Crippen LogP contribution in [0.15, 0.2) is 64.3 Å². The number of sulfonamides is 1. The summed E-state index contributed by atoms with van der Waals surface area (Å²) in [6.07, 6.45) is 0. The van der Waals surface area contributed by atoms with E-state index in [-0.39, 0.29) is 23.5 Å². The highest BCUT2D eigenvalue weighted by Crippen LogP contribution is 2.26. The summed E-state index contributed by atoms with van der Waals surface area (Å²) < 4.78 is 26.5. The van der Waals surface area contributed by atoms with Gasteiger partial charge in [-0.15, -0.1) is 0 Å². The molecule has 0 saturated carbocycles. The van der Waals surface area contributed by atoms with Gasteiger partial charge in [0.25, 0.3) is 5.56 Å².